The number of fused-ring (bicyclic) bond motifs is 3. The Morgan fingerprint density at radius 3 is 2.42 bits per heavy atom. The average Bonchev–Trinajstić information content (AvgIpc) is 2.94. The minimum Gasteiger partial charge on any atom is -0.508 e. The van der Waals surface area contributed by atoms with E-state index in [1.165, 1.54) is 17.0 Å². The zero-order chi connectivity index (χ0) is 31.4. The lowest BCUT2D eigenvalue weighted by molar-refractivity contribution is -0.153. The molecule has 2 aromatic rings. The number of primary amides is 1. The van der Waals surface area contributed by atoms with E-state index in [1.807, 2.05) is 0 Å². The van der Waals surface area contributed by atoms with Gasteiger partial charge in [0.15, 0.2) is 11.4 Å². The first-order valence-electron chi connectivity index (χ1n) is 13.5. The van der Waals surface area contributed by atoms with Crippen LogP contribution in [0.4, 0.5) is 10.5 Å². The highest BCUT2D eigenvalue weighted by atomic mass is 16.5. The summed E-state index contributed by atoms with van der Waals surface area (Å²) in [5.74, 6) is -7.07. The lowest BCUT2D eigenvalue weighted by Gasteiger charge is -2.50. The van der Waals surface area contributed by atoms with Gasteiger partial charge in [-0.25, -0.2) is 4.79 Å². The predicted octanol–water partition coefficient (Wildman–Crippen LogP) is 2.37. The third-order valence-corrected chi connectivity index (χ3v) is 8.38. The van der Waals surface area contributed by atoms with Crippen molar-refractivity contribution < 1.29 is 44.3 Å². The van der Waals surface area contributed by atoms with Gasteiger partial charge in [0.25, 0.3) is 5.91 Å². The third kappa shape index (κ3) is 4.55. The number of nitrogens with zero attached hydrogens (tertiary/aromatic N) is 1. The molecule has 1 fully saturated rings. The van der Waals surface area contributed by atoms with Gasteiger partial charge < -0.3 is 30.9 Å². The van der Waals surface area contributed by atoms with Crippen molar-refractivity contribution in [2.24, 2.45) is 17.6 Å². The molecule has 12 heteroatoms. The van der Waals surface area contributed by atoms with Crippen LogP contribution in [0.2, 0.25) is 0 Å². The maximum Gasteiger partial charge on any atom is 0.411 e. The molecule has 43 heavy (non-hydrogen) atoms. The van der Waals surface area contributed by atoms with Crippen molar-refractivity contribution in [3.05, 3.63) is 77.1 Å². The minimum atomic E-state index is -2.70. The van der Waals surface area contributed by atoms with Crippen LogP contribution in [0.15, 0.2) is 66.0 Å². The predicted molar refractivity (Wildman–Crippen MR) is 155 cm³/mol. The molecule has 2 aromatic carbocycles. The Morgan fingerprint density at radius 2 is 1.81 bits per heavy atom. The van der Waals surface area contributed by atoms with E-state index in [1.54, 1.807) is 44.4 Å². The monoisotopic (exact) mass is 589 g/mol. The topological polar surface area (TPSA) is 200 Å². The molecule has 224 valence electrons. The van der Waals surface area contributed by atoms with Gasteiger partial charge in [0.2, 0.25) is 5.78 Å². The molecule has 5 rings (SSSR count). The van der Waals surface area contributed by atoms with Crippen molar-refractivity contribution >= 4 is 35.0 Å². The molecule has 3 aliphatic rings. The maximum atomic E-state index is 14.0. The third-order valence-electron chi connectivity index (χ3n) is 8.38. The Morgan fingerprint density at radius 1 is 1.14 bits per heavy atom. The number of likely N-dealkylation sites (N-methyl/N-ethyl adjacent to an activating group) is 1. The Kier molecular flexibility index (Phi) is 7.36. The number of nitrogens with one attached hydrogen (secondary N) is 1. The number of phenolic OH excluding ortho intramolecular Hbond substituents is 1. The zero-order valence-corrected chi connectivity index (χ0v) is 23.5. The number of aliphatic hydroxyl groups excluding tert-OH is 2. The van der Waals surface area contributed by atoms with Crippen molar-refractivity contribution in [1.82, 2.24) is 4.90 Å². The first kappa shape index (κ1) is 29.5. The number of hydrogen-bond acceptors (Lipinski definition) is 10. The van der Waals surface area contributed by atoms with E-state index in [2.05, 4.69) is 11.9 Å². The highest BCUT2D eigenvalue weighted by Crippen LogP contribution is 2.53. The SMILES string of the molecule is C=CCOC(=O)Nc1ccc(-c2ccc(O)c3c2CC2CC4C(N(C)C)C(=O)C(C(N)=O)=C(O)C4(O)C(=O)C2=C3O)cc1. The second kappa shape index (κ2) is 10.7. The van der Waals surface area contributed by atoms with Crippen molar-refractivity contribution in [1.29, 1.82) is 0 Å². The molecule has 4 atom stereocenters. The number of nitrogens with two attached hydrogens (primary N) is 1. The fourth-order valence-electron chi connectivity index (χ4n) is 6.54. The standard InChI is InChI=1S/C31H31N3O9/c1-4-11-43-30(41)33-16-7-5-14(6-8-16)17-9-10-20(35)22-18(17)12-15-13-19-24(34(2)3)26(37)23(29(32)40)28(39)31(19,42)27(38)21(15)25(22)36/h4-10,15,19,24,35-36,39,42H,1,11-13H2,2-3H3,(H2,32,40)(H,33,41). The van der Waals surface area contributed by atoms with Crippen LogP contribution >= 0.6 is 0 Å². The highest BCUT2D eigenvalue weighted by molar-refractivity contribution is 6.24. The van der Waals surface area contributed by atoms with E-state index in [0.717, 1.165) is 0 Å². The van der Waals surface area contributed by atoms with Crippen LogP contribution in [0.5, 0.6) is 5.75 Å². The molecular formula is C31H31N3O9. The molecule has 0 radical (unpaired) electrons. The molecule has 7 N–H and O–H groups in total. The van der Waals surface area contributed by atoms with Crippen molar-refractivity contribution in [2.75, 3.05) is 26.0 Å². The molecule has 3 aliphatic carbocycles. The summed E-state index contributed by atoms with van der Waals surface area (Å²) in [6.07, 6.45) is 0.916. The summed E-state index contributed by atoms with van der Waals surface area (Å²) >= 11 is 0. The number of aliphatic hydroxyl groups is 3. The highest BCUT2D eigenvalue weighted by Gasteiger charge is 2.64. The van der Waals surface area contributed by atoms with Crippen LogP contribution in [-0.2, 0) is 25.5 Å². The largest absolute Gasteiger partial charge is 0.508 e. The van der Waals surface area contributed by atoms with E-state index in [4.69, 9.17) is 10.5 Å². The molecule has 12 nitrogen and oxygen atoms in total. The van der Waals surface area contributed by atoms with E-state index < -0.39 is 64.1 Å². The van der Waals surface area contributed by atoms with E-state index in [9.17, 15) is 39.6 Å². The number of hydrogen-bond donors (Lipinski definition) is 6. The molecule has 0 bridgehead atoms. The van der Waals surface area contributed by atoms with Gasteiger partial charge in [-0.2, -0.15) is 0 Å². The fourth-order valence-corrected chi connectivity index (χ4v) is 6.54. The van der Waals surface area contributed by atoms with Gasteiger partial charge in [0, 0.05) is 17.2 Å². The summed E-state index contributed by atoms with van der Waals surface area (Å²) in [4.78, 5) is 52.7. The number of amides is 2. The summed E-state index contributed by atoms with van der Waals surface area (Å²) in [5, 5.41) is 47.5. The normalized spacial score (nSPS) is 24.7. The second-order valence-corrected chi connectivity index (χ2v) is 11.0. The molecule has 0 heterocycles. The van der Waals surface area contributed by atoms with Gasteiger partial charge in [0.1, 0.15) is 29.4 Å². The lowest BCUT2D eigenvalue weighted by atomic mass is 9.57. The van der Waals surface area contributed by atoms with E-state index in [0.29, 0.717) is 22.4 Å². The Labute approximate surface area is 246 Å². The van der Waals surface area contributed by atoms with Crippen LogP contribution in [0, 0.1) is 11.8 Å². The van der Waals surface area contributed by atoms with Gasteiger partial charge in [-0.3, -0.25) is 24.6 Å². The smallest absolute Gasteiger partial charge is 0.411 e. The number of rotatable bonds is 6. The Hall–Kier alpha value is -4.94. The van der Waals surface area contributed by atoms with E-state index in [-0.39, 0.29) is 36.3 Å². The summed E-state index contributed by atoms with van der Waals surface area (Å²) in [6, 6.07) is 8.62. The summed E-state index contributed by atoms with van der Waals surface area (Å²) in [6.45, 7) is 3.54. The van der Waals surface area contributed by atoms with Crippen LogP contribution in [0.25, 0.3) is 16.9 Å². The number of aromatic hydroxyl groups is 1. The van der Waals surface area contributed by atoms with Crippen LogP contribution in [0.3, 0.4) is 0 Å². The summed E-state index contributed by atoms with van der Waals surface area (Å²) in [5.41, 5.74) is 3.87. The van der Waals surface area contributed by atoms with Gasteiger partial charge >= 0.3 is 6.09 Å². The van der Waals surface area contributed by atoms with Crippen LogP contribution in [0.1, 0.15) is 17.5 Å². The molecule has 2 amide bonds. The zero-order valence-electron chi connectivity index (χ0n) is 23.5. The van der Waals surface area contributed by atoms with E-state index >= 15 is 0 Å². The van der Waals surface area contributed by atoms with Gasteiger partial charge in [-0.1, -0.05) is 30.9 Å². The first-order chi connectivity index (χ1) is 20.3. The number of benzene rings is 2. The summed E-state index contributed by atoms with van der Waals surface area (Å²) < 4.78 is 4.93. The van der Waals surface area contributed by atoms with Crippen molar-refractivity contribution in [3.8, 4) is 16.9 Å². The van der Waals surface area contributed by atoms with Gasteiger partial charge in [-0.05, 0) is 67.7 Å². The van der Waals surface area contributed by atoms with Crippen molar-refractivity contribution in [2.45, 2.75) is 24.5 Å². The average molecular weight is 590 g/mol. The summed E-state index contributed by atoms with van der Waals surface area (Å²) in [7, 11) is 3.09. The number of carbonyl (C=O) groups excluding carboxylic acids is 4. The second-order valence-electron chi connectivity index (χ2n) is 11.0. The Bertz CT molecular complexity index is 1640. The molecule has 4 unspecified atom stereocenters. The van der Waals surface area contributed by atoms with Gasteiger partial charge in [0.05, 0.1) is 11.6 Å². The maximum absolute atomic E-state index is 14.0. The first-order valence-corrected chi connectivity index (χ1v) is 13.5. The number of ketones is 2. The lowest BCUT2D eigenvalue weighted by Crippen LogP contribution is -2.65. The van der Waals surface area contributed by atoms with Gasteiger partial charge in [-0.15, -0.1) is 0 Å². The Balaban J connectivity index is 1.60. The number of phenols is 1. The minimum absolute atomic E-state index is 0.0102. The number of Topliss-reactive ketones (excluding diaryl/α,β-unsaturated/α-hetero) is 2. The molecular weight excluding hydrogens is 558 g/mol. The van der Waals surface area contributed by atoms with Crippen LogP contribution in [-0.4, -0.2) is 81.2 Å². The number of anilines is 1. The quantitative estimate of drug-likeness (QED) is 0.215. The van der Waals surface area contributed by atoms with Crippen LogP contribution < -0.4 is 11.1 Å². The number of carbonyl (C=O) groups is 4. The fraction of sp³-hybridized carbons (Fsp3) is 0.290. The number of ether oxygens (including phenoxy) is 1. The molecule has 0 spiro atoms. The molecule has 0 aliphatic heterocycles. The molecule has 0 aromatic heterocycles. The van der Waals surface area contributed by atoms with Crippen molar-refractivity contribution in [3.63, 3.8) is 0 Å². The molecule has 1 saturated carbocycles. The molecule has 0 saturated heterocycles.